The van der Waals surface area contributed by atoms with Crippen LogP contribution >= 0.6 is 11.3 Å². The largest absolute Gasteiger partial charge is 0.377 e. The molecule has 1 aromatic heterocycles. The summed E-state index contributed by atoms with van der Waals surface area (Å²) < 4.78 is 5.68. The van der Waals surface area contributed by atoms with Crippen molar-refractivity contribution < 1.29 is 4.74 Å². The Hall–Kier alpha value is -0.650. The van der Waals surface area contributed by atoms with Gasteiger partial charge in [0.1, 0.15) is 0 Å². The maximum atomic E-state index is 5.68. The minimum Gasteiger partial charge on any atom is -0.377 e. The summed E-state index contributed by atoms with van der Waals surface area (Å²) in [7, 11) is 0. The number of rotatable bonds is 4. The lowest BCUT2D eigenvalue weighted by molar-refractivity contribution is 0.0821. The van der Waals surface area contributed by atoms with Gasteiger partial charge in [-0.15, -0.1) is 11.3 Å². The first-order valence-electron chi connectivity index (χ1n) is 6.74. The molecule has 4 nitrogen and oxygen atoms in total. The molecule has 0 radical (unpaired) electrons. The molecule has 0 amide bonds. The Kier molecular flexibility index (Phi) is 4.97. The minimum atomic E-state index is 0.300. The maximum Gasteiger partial charge on any atom is 0.185 e. The topological polar surface area (TPSA) is 37.4 Å². The fourth-order valence-electron chi connectivity index (χ4n) is 2.12. The molecule has 1 aliphatic heterocycles. The van der Waals surface area contributed by atoms with Gasteiger partial charge in [0.05, 0.1) is 11.8 Å². The number of nitrogens with zero attached hydrogens (tertiary/aromatic N) is 2. The van der Waals surface area contributed by atoms with Crippen molar-refractivity contribution in [1.82, 2.24) is 10.3 Å². The molecular weight excluding hydrogens is 246 g/mol. The van der Waals surface area contributed by atoms with Crippen molar-refractivity contribution >= 4 is 16.5 Å². The Bertz CT molecular complexity index is 380. The van der Waals surface area contributed by atoms with E-state index in [-0.39, 0.29) is 0 Å². The fourth-order valence-corrected chi connectivity index (χ4v) is 3.18. The third-order valence-electron chi connectivity index (χ3n) is 3.14. The molecule has 1 atom stereocenters. The van der Waals surface area contributed by atoms with Crippen molar-refractivity contribution in [3.05, 3.63) is 10.6 Å². The summed E-state index contributed by atoms with van der Waals surface area (Å²) in [5.41, 5.74) is 1.16. The quantitative estimate of drug-likeness (QED) is 0.909. The number of aromatic nitrogens is 1. The molecule has 0 bridgehead atoms. The summed E-state index contributed by atoms with van der Waals surface area (Å²) in [5, 5.41) is 4.52. The number of aryl methyl sites for hydroxylation is 1. The van der Waals surface area contributed by atoms with Gasteiger partial charge >= 0.3 is 0 Å². The van der Waals surface area contributed by atoms with E-state index in [1.54, 1.807) is 0 Å². The van der Waals surface area contributed by atoms with E-state index >= 15 is 0 Å². The van der Waals surface area contributed by atoms with Crippen molar-refractivity contribution in [2.24, 2.45) is 0 Å². The molecule has 1 saturated heterocycles. The molecule has 102 valence electrons. The first kappa shape index (κ1) is 13.8. The first-order valence-corrected chi connectivity index (χ1v) is 7.56. The molecule has 5 heteroatoms. The Labute approximate surface area is 113 Å². The van der Waals surface area contributed by atoms with E-state index in [1.807, 2.05) is 11.3 Å². The second-order valence-corrected chi connectivity index (χ2v) is 5.83. The Morgan fingerprint density at radius 3 is 3.17 bits per heavy atom. The van der Waals surface area contributed by atoms with Crippen molar-refractivity contribution in [3.8, 4) is 0 Å². The molecule has 0 saturated carbocycles. The highest BCUT2D eigenvalue weighted by Crippen LogP contribution is 2.27. The van der Waals surface area contributed by atoms with Crippen molar-refractivity contribution in [3.63, 3.8) is 0 Å². The fraction of sp³-hybridized carbons (Fsp3) is 0.769. The molecule has 1 N–H and O–H groups in total. The molecule has 2 rings (SSSR count). The number of anilines is 1. The van der Waals surface area contributed by atoms with Crippen molar-refractivity contribution in [1.29, 1.82) is 0 Å². The summed E-state index contributed by atoms with van der Waals surface area (Å²) in [6.07, 6.45) is 1.39. The lowest BCUT2D eigenvalue weighted by Crippen LogP contribution is -2.29. The summed E-state index contributed by atoms with van der Waals surface area (Å²) in [6, 6.07) is 0. The maximum absolute atomic E-state index is 5.68. The van der Waals surface area contributed by atoms with Crippen LogP contribution in [0.3, 0.4) is 0 Å². The van der Waals surface area contributed by atoms with Crippen LogP contribution < -0.4 is 10.2 Å². The standard InChI is InChI=1S/C13H23N3OS/c1-4-14-8-12-11(3)15-13(18-12)16-6-5-7-17-10(2)9-16/h10,14H,4-9H2,1-3H3. The van der Waals surface area contributed by atoms with E-state index in [1.165, 1.54) is 4.88 Å². The minimum absolute atomic E-state index is 0.300. The van der Waals surface area contributed by atoms with Crippen LogP contribution in [0.5, 0.6) is 0 Å². The zero-order valence-corrected chi connectivity index (χ0v) is 12.3. The summed E-state index contributed by atoms with van der Waals surface area (Å²) in [4.78, 5) is 8.43. The monoisotopic (exact) mass is 269 g/mol. The first-order chi connectivity index (χ1) is 8.70. The predicted molar refractivity (Wildman–Crippen MR) is 76.5 cm³/mol. The predicted octanol–water partition coefficient (Wildman–Crippen LogP) is 2.18. The highest BCUT2D eigenvalue weighted by atomic mass is 32.1. The Balaban J connectivity index is 2.07. The van der Waals surface area contributed by atoms with Gasteiger partial charge in [0, 0.05) is 31.1 Å². The van der Waals surface area contributed by atoms with Crippen LogP contribution in [0.4, 0.5) is 5.13 Å². The highest BCUT2D eigenvalue weighted by molar-refractivity contribution is 7.15. The molecule has 18 heavy (non-hydrogen) atoms. The van der Waals surface area contributed by atoms with E-state index < -0.39 is 0 Å². The molecular formula is C13H23N3OS. The van der Waals surface area contributed by atoms with Gasteiger partial charge < -0.3 is 15.0 Å². The molecule has 1 fully saturated rings. The number of thiazole rings is 1. The Morgan fingerprint density at radius 2 is 2.39 bits per heavy atom. The second-order valence-electron chi connectivity index (χ2n) is 4.77. The van der Waals surface area contributed by atoms with Gasteiger partial charge in [-0.3, -0.25) is 0 Å². The zero-order valence-electron chi connectivity index (χ0n) is 11.5. The average Bonchev–Trinajstić information content (AvgIpc) is 2.57. The van der Waals surface area contributed by atoms with Crippen molar-refractivity contribution in [2.75, 3.05) is 31.1 Å². The summed E-state index contributed by atoms with van der Waals surface area (Å²) >= 11 is 1.81. The van der Waals surface area contributed by atoms with E-state index in [2.05, 4.69) is 31.0 Å². The lowest BCUT2D eigenvalue weighted by atomic mass is 10.3. The molecule has 1 aliphatic rings. The molecule has 0 spiro atoms. The molecule has 1 aromatic rings. The Morgan fingerprint density at radius 1 is 1.56 bits per heavy atom. The number of nitrogens with one attached hydrogen (secondary N) is 1. The van der Waals surface area contributed by atoms with E-state index in [0.29, 0.717) is 6.10 Å². The molecule has 1 unspecified atom stereocenters. The van der Waals surface area contributed by atoms with Crippen LogP contribution in [0.15, 0.2) is 0 Å². The van der Waals surface area contributed by atoms with Crippen LogP contribution in [0.1, 0.15) is 30.8 Å². The van der Waals surface area contributed by atoms with Gasteiger partial charge in [-0.2, -0.15) is 0 Å². The van der Waals surface area contributed by atoms with Crippen LogP contribution in [0, 0.1) is 6.92 Å². The second kappa shape index (κ2) is 6.50. The molecule has 0 aromatic carbocycles. The molecule has 0 aliphatic carbocycles. The van der Waals surface area contributed by atoms with E-state index in [9.17, 15) is 0 Å². The zero-order chi connectivity index (χ0) is 13.0. The van der Waals surface area contributed by atoms with Gasteiger partial charge in [-0.25, -0.2) is 4.98 Å². The van der Waals surface area contributed by atoms with Crippen molar-refractivity contribution in [2.45, 2.75) is 39.8 Å². The van der Waals surface area contributed by atoms with Gasteiger partial charge in [-0.05, 0) is 26.8 Å². The number of ether oxygens (including phenoxy) is 1. The van der Waals surface area contributed by atoms with Gasteiger partial charge in [0.25, 0.3) is 0 Å². The van der Waals surface area contributed by atoms with Crippen LogP contribution in [0.2, 0.25) is 0 Å². The summed E-state index contributed by atoms with van der Waals surface area (Å²) in [6.45, 7) is 11.2. The smallest absolute Gasteiger partial charge is 0.185 e. The summed E-state index contributed by atoms with van der Waals surface area (Å²) in [5.74, 6) is 0. The van der Waals surface area contributed by atoms with Gasteiger partial charge in [0.15, 0.2) is 5.13 Å². The average molecular weight is 269 g/mol. The third kappa shape index (κ3) is 3.43. The van der Waals surface area contributed by atoms with Gasteiger partial charge in [0.2, 0.25) is 0 Å². The van der Waals surface area contributed by atoms with Crippen LogP contribution in [0.25, 0.3) is 0 Å². The highest BCUT2D eigenvalue weighted by Gasteiger charge is 2.19. The normalized spacial score (nSPS) is 21.1. The van der Waals surface area contributed by atoms with Crippen LogP contribution in [-0.2, 0) is 11.3 Å². The van der Waals surface area contributed by atoms with Crippen LogP contribution in [-0.4, -0.2) is 37.3 Å². The third-order valence-corrected chi connectivity index (χ3v) is 4.36. The van der Waals surface area contributed by atoms with E-state index in [0.717, 1.165) is 50.0 Å². The lowest BCUT2D eigenvalue weighted by Gasteiger charge is -2.20. The number of hydrogen-bond acceptors (Lipinski definition) is 5. The van der Waals surface area contributed by atoms with E-state index in [4.69, 9.17) is 9.72 Å². The molecule has 2 heterocycles. The number of hydrogen-bond donors (Lipinski definition) is 1. The SMILES string of the molecule is CCNCc1sc(N2CCCOC(C)C2)nc1C. The van der Waals surface area contributed by atoms with Gasteiger partial charge in [-0.1, -0.05) is 6.92 Å².